The summed E-state index contributed by atoms with van der Waals surface area (Å²) in [6, 6.07) is 6.09. The molecule has 0 spiro atoms. The van der Waals surface area contributed by atoms with Crippen molar-refractivity contribution in [2.45, 2.75) is 6.54 Å². The van der Waals surface area contributed by atoms with Gasteiger partial charge in [-0.2, -0.15) is 10.2 Å². The lowest BCUT2D eigenvalue weighted by atomic mass is 10.2. The van der Waals surface area contributed by atoms with Gasteiger partial charge in [0.1, 0.15) is 10.8 Å². The van der Waals surface area contributed by atoms with E-state index in [0.29, 0.717) is 17.3 Å². The third-order valence-corrected chi connectivity index (χ3v) is 4.27. The van der Waals surface area contributed by atoms with Crippen LogP contribution >= 0.6 is 34.2 Å². The van der Waals surface area contributed by atoms with Crippen LogP contribution in [0.1, 0.15) is 16.1 Å². The van der Waals surface area contributed by atoms with Crippen LogP contribution in [0, 0.1) is 9.39 Å². The Kier molecular flexibility index (Phi) is 4.86. The Bertz CT molecular complexity index is 890. The first-order valence-electron chi connectivity index (χ1n) is 6.90. The van der Waals surface area contributed by atoms with E-state index in [9.17, 15) is 9.18 Å². The predicted molar refractivity (Wildman–Crippen MR) is 96.6 cm³/mol. The highest BCUT2D eigenvalue weighted by Crippen LogP contribution is 2.21. The summed E-state index contributed by atoms with van der Waals surface area (Å²) >= 11 is 8.16. The number of aromatic nitrogens is 4. The molecule has 124 valence electrons. The van der Waals surface area contributed by atoms with Gasteiger partial charge in [0.2, 0.25) is 0 Å². The molecular weight excluding hydrogens is 448 g/mol. The molecule has 3 aromatic rings. The Hall–Kier alpha value is -1.94. The summed E-state index contributed by atoms with van der Waals surface area (Å²) in [5.74, 6) is -0.422. The molecule has 0 aliphatic rings. The van der Waals surface area contributed by atoms with Crippen molar-refractivity contribution in [1.29, 1.82) is 0 Å². The second-order valence-corrected chi connectivity index (χ2v) is 6.67. The Labute approximate surface area is 155 Å². The second-order valence-electron chi connectivity index (χ2n) is 5.10. The quantitative estimate of drug-likeness (QED) is 0.609. The molecule has 24 heavy (non-hydrogen) atoms. The van der Waals surface area contributed by atoms with Crippen molar-refractivity contribution in [2.24, 2.45) is 7.05 Å². The first kappa shape index (κ1) is 16.9. The molecule has 2 heterocycles. The molecule has 9 heteroatoms. The van der Waals surface area contributed by atoms with Gasteiger partial charge >= 0.3 is 0 Å². The molecule has 3 rings (SSSR count). The molecular formula is C15H12ClFIN5O. The third kappa shape index (κ3) is 3.75. The second kappa shape index (κ2) is 6.89. The molecule has 0 bridgehead atoms. The normalized spacial score (nSPS) is 10.8. The van der Waals surface area contributed by atoms with Crippen molar-refractivity contribution in [3.8, 4) is 0 Å². The zero-order valence-corrected chi connectivity index (χ0v) is 15.4. The first-order chi connectivity index (χ1) is 11.4. The number of carbonyl (C=O) groups excluding carboxylic acids is 1. The third-order valence-electron chi connectivity index (χ3n) is 3.21. The van der Waals surface area contributed by atoms with Crippen molar-refractivity contribution < 1.29 is 9.18 Å². The van der Waals surface area contributed by atoms with Crippen molar-refractivity contribution in [2.75, 3.05) is 5.32 Å². The van der Waals surface area contributed by atoms with Crippen LogP contribution in [0.15, 0.2) is 36.7 Å². The maximum Gasteiger partial charge on any atom is 0.278 e. The lowest BCUT2D eigenvalue weighted by molar-refractivity contribution is 0.102. The summed E-state index contributed by atoms with van der Waals surface area (Å²) in [5.41, 5.74) is 1.18. The van der Waals surface area contributed by atoms with E-state index < -0.39 is 0 Å². The van der Waals surface area contributed by atoms with Crippen LogP contribution in [-0.2, 0) is 13.6 Å². The number of amides is 1. The van der Waals surface area contributed by atoms with Gasteiger partial charge in [0.05, 0.1) is 10.1 Å². The van der Waals surface area contributed by atoms with E-state index in [2.05, 4.69) is 15.5 Å². The van der Waals surface area contributed by atoms with Gasteiger partial charge in [-0.3, -0.25) is 14.2 Å². The van der Waals surface area contributed by atoms with Gasteiger partial charge in [-0.05, 0) is 40.3 Å². The summed E-state index contributed by atoms with van der Waals surface area (Å²) in [6.45, 7) is 0.414. The fraction of sp³-hybridized carbons (Fsp3) is 0.133. The van der Waals surface area contributed by atoms with Gasteiger partial charge < -0.3 is 5.32 Å². The minimum atomic E-state index is -0.381. The van der Waals surface area contributed by atoms with Gasteiger partial charge in [-0.1, -0.05) is 23.7 Å². The molecule has 1 amide bonds. The van der Waals surface area contributed by atoms with E-state index in [1.165, 1.54) is 12.1 Å². The highest BCUT2D eigenvalue weighted by atomic mass is 127. The zero-order chi connectivity index (χ0) is 17.3. The highest BCUT2D eigenvalue weighted by Gasteiger charge is 2.17. The Morgan fingerprint density at radius 1 is 1.29 bits per heavy atom. The van der Waals surface area contributed by atoms with Crippen LogP contribution in [0.5, 0.6) is 0 Å². The lowest BCUT2D eigenvalue weighted by Crippen LogP contribution is -2.15. The molecule has 0 fully saturated rings. The zero-order valence-electron chi connectivity index (χ0n) is 12.5. The first-order valence-corrected chi connectivity index (χ1v) is 8.36. The van der Waals surface area contributed by atoms with Gasteiger partial charge in [-0.15, -0.1) is 0 Å². The SMILES string of the molecule is Cn1cc(I)c(C(=O)Nc2nn(Cc3ccc(F)cc3)cc2Cl)n1. The summed E-state index contributed by atoms with van der Waals surface area (Å²) in [6.07, 6.45) is 3.34. The number of benzene rings is 1. The molecule has 0 aliphatic carbocycles. The molecule has 0 radical (unpaired) electrons. The maximum absolute atomic E-state index is 12.9. The van der Waals surface area contributed by atoms with Crippen molar-refractivity contribution in [1.82, 2.24) is 19.6 Å². The summed E-state index contributed by atoms with van der Waals surface area (Å²) in [7, 11) is 1.74. The fourth-order valence-electron chi connectivity index (χ4n) is 2.12. The largest absolute Gasteiger partial charge is 0.302 e. The van der Waals surface area contributed by atoms with Crippen molar-refractivity contribution in [3.63, 3.8) is 0 Å². The minimum Gasteiger partial charge on any atom is -0.302 e. The van der Waals surface area contributed by atoms with Crippen LogP contribution in [0.25, 0.3) is 0 Å². The number of nitrogens with zero attached hydrogens (tertiary/aromatic N) is 4. The highest BCUT2D eigenvalue weighted by molar-refractivity contribution is 14.1. The van der Waals surface area contributed by atoms with E-state index in [4.69, 9.17) is 11.6 Å². The monoisotopic (exact) mass is 459 g/mol. The topological polar surface area (TPSA) is 64.7 Å². The number of hydrogen-bond donors (Lipinski definition) is 1. The average Bonchev–Trinajstić information content (AvgIpc) is 3.04. The van der Waals surface area contributed by atoms with E-state index in [1.54, 1.807) is 40.9 Å². The van der Waals surface area contributed by atoms with E-state index >= 15 is 0 Å². The number of rotatable bonds is 4. The van der Waals surface area contributed by atoms with Crippen LogP contribution in [-0.4, -0.2) is 25.5 Å². The Balaban J connectivity index is 1.75. The molecule has 1 N–H and O–H groups in total. The van der Waals surface area contributed by atoms with Gasteiger partial charge in [0.15, 0.2) is 11.5 Å². The number of halogens is 3. The number of hydrogen-bond acceptors (Lipinski definition) is 3. The van der Waals surface area contributed by atoms with Gasteiger partial charge in [0.25, 0.3) is 5.91 Å². The molecule has 0 unspecified atom stereocenters. The van der Waals surface area contributed by atoms with Crippen LogP contribution in [0.4, 0.5) is 10.2 Å². The Morgan fingerprint density at radius 3 is 2.62 bits per heavy atom. The van der Waals surface area contributed by atoms with Crippen LogP contribution < -0.4 is 5.32 Å². The number of carbonyl (C=O) groups is 1. The van der Waals surface area contributed by atoms with Crippen LogP contribution in [0.3, 0.4) is 0 Å². The number of nitrogens with one attached hydrogen (secondary N) is 1. The number of aryl methyl sites for hydroxylation is 1. The average molecular weight is 460 g/mol. The van der Waals surface area contributed by atoms with E-state index in [0.717, 1.165) is 9.13 Å². The summed E-state index contributed by atoms with van der Waals surface area (Å²) in [4.78, 5) is 12.3. The molecule has 0 atom stereocenters. The maximum atomic E-state index is 12.9. The van der Waals surface area contributed by atoms with Gasteiger partial charge in [-0.25, -0.2) is 4.39 Å². The Morgan fingerprint density at radius 2 is 2.00 bits per heavy atom. The smallest absolute Gasteiger partial charge is 0.278 e. The molecule has 2 aromatic heterocycles. The molecule has 1 aromatic carbocycles. The van der Waals surface area contributed by atoms with E-state index in [1.807, 2.05) is 22.6 Å². The summed E-state index contributed by atoms with van der Waals surface area (Å²) in [5, 5.41) is 11.3. The molecule has 0 saturated heterocycles. The number of anilines is 1. The molecule has 0 saturated carbocycles. The fourth-order valence-corrected chi connectivity index (χ4v) is 3.07. The predicted octanol–water partition coefficient (Wildman–Crippen LogP) is 3.31. The van der Waals surface area contributed by atoms with Crippen molar-refractivity contribution >= 4 is 45.9 Å². The minimum absolute atomic E-state index is 0.255. The van der Waals surface area contributed by atoms with E-state index in [-0.39, 0.29) is 17.5 Å². The van der Waals surface area contributed by atoms with Crippen molar-refractivity contribution in [3.05, 3.63) is 62.3 Å². The summed E-state index contributed by atoms with van der Waals surface area (Å²) < 4.78 is 16.8. The molecule has 6 nitrogen and oxygen atoms in total. The lowest BCUT2D eigenvalue weighted by Gasteiger charge is -2.02. The van der Waals surface area contributed by atoms with Crippen LogP contribution in [0.2, 0.25) is 5.02 Å². The molecule has 0 aliphatic heterocycles. The standard InChI is InChI=1S/C15H12ClFIN5O/c1-22-8-12(18)13(20-22)15(24)19-14-11(16)7-23(21-14)6-9-2-4-10(17)5-3-9/h2-5,7-8H,6H2,1H3,(H,19,21,24). The van der Waals surface area contributed by atoms with Gasteiger partial charge in [0, 0.05) is 19.4 Å².